The van der Waals surface area contributed by atoms with E-state index in [1.54, 1.807) is 6.08 Å². The van der Waals surface area contributed by atoms with E-state index in [-0.39, 0.29) is 12.5 Å². The van der Waals surface area contributed by atoms with Gasteiger partial charge in [-0.3, -0.25) is 4.79 Å². The van der Waals surface area contributed by atoms with Crippen LogP contribution in [-0.4, -0.2) is 87.5 Å². The van der Waals surface area contributed by atoms with Crippen molar-refractivity contribution in [2.75, 3.05) is 13.2 Å². The van der Waals surface area contributed by atoms with Crippen LogP contribution in [0.1, 0.15) is 271 Å². The molecule has 1 heterocycles. The minimum absolute atomic E-state index is 0.204. The highest BCUT2D eigenvalue weighted by Crippen LogP contribution is 2.23. The number of hydrogen-bond acceptors (Lipinski definition) is 8. The lowest BCUT2D eigenvalue weighted by Gasteiger charge is -2.40. The van der Waals surface area contributed by atoms with Gasteiger partial charge in [-0.05, 0) is 96.3 Å². The average molecular weight is 1160 g/mol. The second kappa shape index (κ2) is 61.4. The van der Waals surface area contributed by atoms with Gasteiger partial charge in [0.25, 0.3) is 0 Å². The summed E-state index contributed by atoms with van der Waals surface area (Å²) in [5.41, 5.74) is 0. The van der Waals surface area contributed by atoms with Crippen LogP contribution in [0.25, 0.3) is 0 Å². The van der Waals surface area contributed by atoms with Gasteiger partial charge in [-0.25, -0.2) is 0 Å². The minimum atomic E-state index is -1.58. The molecule has 474 valence electrons. The second-order valence-electron chi connectivity index (χ2n) is 22.9. The predicted octanol–water partition coefficient (Wildman–Crippen LogP) is 18.4. The number of nitrogens with one attached hydrogen (secondary N) is 1. The molecular formula is C74H125NO8. The van der Waals surface area contributed by atoms with Crippen LogP contribution in [0.2, 0.25) is 0 Å². The van der Waals surface area contributed by atoms with E-state index in [4.69, 9.17) is 9.47 Å². The van der Waals surface area contributed by atoms with E-state index < -0.39 is 49.5 Å². The molecule has 7 unspecified atom stereocenters. The third kappa shape index (κ3) is 50.2. The monoisotopic (exact) mass is 1160 g/mol. The normalized spacial score (nSPS) is 19.1. The summed E-state index contributed by atoms with van der Waals surface area (Å²) >= 11 is 0. The highest BCUT2D eigenvalue weighted by molar-refractivity contribution is 5.76. The van der Waals surface area contributed by atoms with Gasteiger partial charge in [0, 0.05) is 6.42 Å². The molecule has 0 aliphatic carbocycles. The lowest BCUT2D eigenvalue weighted by Crippen LogP contribution is -2.60. The molecular weight excluding hydrogens is 1030 g/mol. The fourth-order valence-electron chi connectivity index (χ4n) is 9.95. The highest BCUT2D eigenvalue weighted by atomic mass is 16.7. The molecule has 0 bridgehead atoms. The summed E-state index contributed by atoms with van der Waals surface area (Å²) in [5, 5.41) is 54.7. The number of unbranched alkanes of at least 4 members (excludes halogenated alkanes) is 27. The second-order valence-corrected chi connectivity index (χ2v) is 22.9. The third-order valence-electron chi connectivity index (χ3n) is 15.2. The zero-order valence-electron chi connectivity index (χ0n) is 52.9. The summed E-state index contributed by atoms with van der Waals surface area (Å²) in [4.78, 5) is 13.1. The maximum atomic E-state index is 13.1. The molecule has 1 aliphatic rings. The number of rotatable bonds is 57. The van der Waals surface area contributed by atoms with Crippen LogP contribution in [0.15, 0.2) is 134 Å². The number of amides is 1. The van der Waals surface area contributed by atoms with Gasteiger partial charge in [0.05, 0.1) is 25.4 Å². The van der Waals surface area contributed by atoms with Crippen molar-refractivity contribution in [3.8, 4) is 0 Å². The molecule has 6 N–H and O–H groups in total. The van der Waals surface area contributed by atoms with Crippen molar-refractivity contribution >= 4 is 5.91 Å². The number of aliphatic hydroxyl groups excluding tert-OH is 5. The predicted molar refractivity (Wildman–Crippen MR) is 354 cm³/mol. The maximum Gasteiger partial charge on any atom is 0.220 e. The number of carbonyl (C=O) groups excluding carboxylic acids is 1. The van der Waals surface area contributed by atoms with E-state index >= 15 is 0 Å². The topological polar surface area (TPSA) is 149 Å². The quantitative estimate of drug-likeness (QED) is 0.0261. The van der Waals surface area contributed by atoms with Gasteiger partial charge in [-0.15, -0.1) is 0 Å². The maximum absolute atomic E-state index is 13.1. The zero-order chi connectivity index (χ0) is 60.0. The van der Waals surface area contributed by atoms with Crippen molar-refractivity contribution in [2.45, 2.75) is 314 Å². The molecule has 9 nitrogen and oxygen atoms in total. The Labute approximate surface area is 509 Å². The SMILES string of the molecule is CC/C=C\C/C=C\C/C=C\C/C=C\C/C=C\C/C=C\C/C=C\C/C=C\C/C=C\C/C=C\CCCCCCC(=O)NC(COC1OC(CO)C(O)C(O)C1O)C(O)/C=C/CCCCCCCCCCCCCCCCCCCCCCCCC. The standard InChI is InChI=1S/C74H125NO8/c1-3-5-7-9-11-13-15-17-19-21-23-25-27-29-30-31-32-33-34-35-36-37-38-40-42-44-46-48-50-52-54-56-58-60-62-64-70(78)75-67(66-82-74-73(81)72(80)71(79)69(65-76)83-74)68(77)63-61-59-57-55-53-51-49-47-45-43-41-39-28-26-24-22-20-18-16-14-12-10-8-6-4-2/h5,7,11,13,17,19,23,25,29-30,32-33,35-36,38,40,44,46,50,52,61,63,67-69,71-74,76-77,79-81H,3-4,6,8-10,12,14-16,18,20-22,24,26-28,31,34,37,39,41-43,45,47-49,51,53-60,62,64-66H2,1-2H3,(H,75,78)/b7-5-,13-11-,19-17-,25-23-,30-29-,33-32-,36-35-,40-38-,46-44-,52-50-,63-61+. The Balaban J connectivity index is 2.22. The molecule has 0 aromatic carbocycles. The summed E-state index contributed by atoms with van der Waals surface area (Å²) in [7, 11) is 0. The van der Waals surface area contributed by atoms with Crippen molar-refractivity contribution in [1.82, 2.24) is 5.32 Å². The Hall–Kier alpha value is -3.67. The minimum Gasteiger partial charge on any atom is -0.394 e. The molecule has 83 heavy (non-hydrogen) atoms. The van der Waals surface area contributed by atoms with Gasteiger partial charge in [0.15, 0.2) is 6.29 Å². The summed E-state index contributed by atoms with van der Waals surface area (Å²) in [6.45, 7) is 3.67. The Bertz CT molecular complexity index is 1770. The largest absolute Gasteiger partial charge is 0.394 e. The Morgan fingerprint density at radius 1 is 0.422 bits per heavy atom. The molecule has 1 amide bonds. The van der Waals surface area contributed by atoms with Crippen molar-refractivity contribution < 1.29 is 39.8 Å². The highest BCUT2D eigenvalue weighted by Gasteiger charge is 2.44. The van der Waals surface area contributed by atoms with Crippen molar-refractivity contribution in [3.63, 3.8) is 0 Å². The molecule has 0 spiro atoms. The van der Waals surface area contributed by atoms with Gasteiger partial charge >= 0.3 is 0 Å². The average Bonchev–Trinajstić information content (AvgIpc) is 3.60. The summed E-state index contributed by atoms with van der Waals surface area (Å²) in [6, 6.07) is -0.831. The molecule has 0 aromatic heterocycles. The summed E-state index contributed by atoms with van der Waals surface area (Å²) in [5.74, 6) is -0.204. The lowest BCUT2D eigenvalue weighted by molar-refractivity contribution is -0.302. The van der Waals surface area contributed by atoms with Crippen LogP contribution in [0.4, 0.5) is 0 Å². The first-order valence-electron chi connectivity index (χ1n) is 33.9. The van der Waals surface area contributed by atoms with E-state index in [1.807, 2.05) is 6.08 Å². The third-order valence-corrected chi connectivity index (χ3v) is 15.2. The number of aliphatic hydroxyl groups is 5. The van der Waals surface area contributed by atoms with Crippen LogP contribution in [0, 0.1) is 0 Å². The Morgan fingerprint density at radius 2 is 0.747 bits per heavy atom. The molecule has 1 rings (SSSR count). The van der Waals surface area contributed by atoms with Gasteiger partial charge in [0.1, 0.15) is 24.4 Å². The van der Waals surface area contributed by atoms with E-state index in [0.717, 1.165) is 116 Å². The summed E-state index contributed by atoms with van der Waals surface area (Å²) < 4.78 is 11.3. The van der Waals surface area contributed by atoms with Crippen molar-refractivity contribution in [1.29, 1.82) is 0 Å². The Kier molecular flexibility index (Phi) is 57.2. The lowest BCUT2D eigenvalue weighted by atomic mass is 9.99. The van der Waals surface area contributed by atoms with Gasteiger partial charge in [0.2, 0.25) is 5.91 Å². The fraction of sp³-hybridized carbons (Fsp3) is 0.689. The van der Waals surface area contributed by atoms with Gasteiger partial charge in [-0.2, -0.15) is 0 Å². The van der Waals surface area contributed by atoms with E-state index in [2.05, 4.69) is 141 Å². The van der Waals surface area contributed by atoms with E-state index in [1.165, 1.54) is 135 Å². The number of hydrogen-bond donors (Lipinski definition) is 6. The van der Waals surface area contributed by atoms with Gasteiger partial charge < -0.3 is 40.3 Å². The zero-order valence-corrected chi connectivity index (χ0v) is 52.9. The van der Waals surface area contributed by atoms with E-state index in [0.29, 0.717) is 6.42 Å². The van der Waals surface area contributed by atoms with Gasteiger partial charge in [-0.1, -0.05) is 302 Å². The number of carbonyl (C=O) groups is 1. The first-order chi connectivity index (χ1) is 40.8. The van der Waals surface area contributed by atoms with Crippen LogP contribution in [0.3, 0.4) is 0 Å². The molecule has 1 fully saturated rings. The molecule has 0 saturated carbocycles. The number of allylic oxidation sites excluding steroid dienone is 21. The molecule has 1 aliphatic heterocycles. The molecule has 0 aromatic rings. The van der Waals surface area contributed by atoms with E-state index in [9.17, 15) is 30.3 Å². The van der Waals surface area contributed by atoms with Crippen molar-refractivity contribution in [2.24, 2.45) is 0 Å². The summed E-state index contributed by atoms with van der Waals surface area (Å²) in [6.07, 6.45) is 86.8. The molecule has 1 saturated heterocycles. The molecule has 7 atom stereocenters. The number of ether oxygens (including phenoxy) is 2. The van der Waals surface area contributed by atoms with Crippen molar-refractivity contribution in [3.05, 3.63) is 134 Å². The van der Waals surface area contributed by atoms with Crippen LogP contribution in [-0.2, 0) is 14.3 Å². The molecule has 9 heteroatoms. The smallest absolute Gasteiger partial charge is 0.220 e. The fourth-order valence-corrected chi connectivity index (χ4v) is 9.95. The molecule has 0 radical (unpaired) electrons. The Morgan fingerprint density at radius 3 is 1.11 bits per heavy atom. The van der Waals surface area contributed by atoms with Crippen LogP contribution in [0.5, 0.6) is 0 Å². The first-order valence-corrected chi connectivity index (χ1v) is 33.9. The van der Waals surface area contributed by atoms with Crippen LogP contribution >= 0.6 is 0 Å². The van der Waals surface area contributed by atoms with Crippen LogP contribution < -0.4 is 5.32 Å². The first kappa shape index (κ1) is 77.3.